The van der Waals surface area contributed by atoms with Crippen LogP contribution in [0, 0.1) is 0 Å². The third-order valence-corrected chi connectivity index (χ3v) is 5.71. The average molecular weight is 574 g/mol. The summed E-state index contributed by atoms with van der Waals surface area (Å²) in [4.78, 5) is 10.5. The summed E-state index contributed by atoms with van der Waals surface area (Å²) < 4.78 is 4.94. The Labute approximate surface area is 186 Å². The van der Waals surface area contributed by atoms with Gasteiger partial charge in [-0.3, -0.25) is 19.0 Å². The quantitative estimate of drug-likeness (QED) is 0.242. The smallest absolute Gasteiger partial charge is 0.352 e. The minimum Gasteiger partial charge on any atom is -1.00 e. The second kappa shape index (κ2) is 9.27. The first-order valence-corrected chi connectivity index (χ1v) is 9.40. The van der Waals surface area contributed by atoms with Crippen molar-refractivity contribution in [2.45, 2.75) is 25.7 Å². The van der Waals surface area contributed by atoms with Crippen molar-refractivity contribution in [1.29, 1.82) is 0 Å². The van der Waals surface area contributed by atoms with Crippen LogP contribution in [0.1, 0.15) is 25.7 Å². The minimum absolute atomic E-state index is 0. The van der Waals surface area contributed by atoms with E-state index in [9.17, 15) is 0 Å². The Balaban J connectivity index is 0.00000113. The van der Waals surface area contributed by atoms with Gasteiger partial charge < -0.3 is 48.0 Å². The molecule has 8 heteroatoms. The summed E-state index contributed by atoms with van der Waals surface area (Å²) in [5.41, 5.74) is 0. The first-order chi connectivity index (χ1) is 11.2. The van der Waals surface area contributed by atoms with E-state index in [0.29, 0.717) is 0 Å². The third kappa shape index (κ3) is 4.30. The van der Waals surface area contributed by atoms with Crippen LogP contribution in [0.2, 0.25) is 0 Å². The van der Waals surface area contributed by atoms with E-state index in [1.807, 2.05) is 0 Å². The topological polar surface area (TPSA) is 19.0 Å². The summed E-state index contributed by atoms with van der Waals surface area (Å²) in [5, 5.41) is 0. The fraction of sp³-hybridized carbons (Fsp3) is 0.882. The molecule has 0 aromatic carbocycles. The van der Waals surface area contributed by atoms with Crippen molar-refractivity contribution < 1.29 is 57.1 Å². The van der Waals surface area contributed by atoms with Crippen LogP contribution in [0.3, 0.4) is 0 Å². The molecule has 0 N–H and O–H groups in total. The monoisotopic (exact) mass is 574 g/mol. The Bertz CT molecular complexity index is 489. The van der Waals surface area contributed by atoms with Gasteiger partial charge in [0.15, 0.2) is 6.67 Å². The van der Waals surface area contributed by atoms with Gasteiger partial charge in [-0.05, 0) is 0 Å². The van der Waals surface area contributed by atoms with E-state index in [0.717, 1.165) is 6.67 Å². The van der Waals surface area contributed by atoms with Crippen molar-refractivity contribution in [1.82, 2.24) is 19.6 Å². The van der Waals surface area contributed by atoms with Crippen LogP contribution in [0.25, 0.3) is 0 Å². The largest absolute Gasteiger partial charge is 1.00 e. The molecular weight excluding hydrogens is 542 g/mol. The average Bonchev–Trinajstić information content (AvgIpc) is 2.55. The van der Waals surface area contributed by atoms with Crippen molar-refractivity contribution in [2.75, 3.05) is 73.1 Å². The van der Waals surface area contributed by atoms with Gasteiger partial charge in [-0.15, -0.1) is 0 Å². The predicted octanol–water partition coefficient (Wildman–Crippen LogP) is -6.23. The molecule has 2 saturated heterocycles. The maximum atomic E-state index is 2.63. The number of nitrogens with zero attached hydrogens (tertiary/aromatic N) is 6. The Morgan fingerprint density at radius 1 is 0.640 bits per heavy atom. The summed E-state index contributed by atoms with van der Waals surface area (Å²) in [7, 11) is 4.53. The molecular formula is C17H32I2N6. The van der Waals surface area contributed by atoms with E-state index in [2.05, 4.69) is 42.8 Å². The lowest BCUT2D eigenvalue weighted by molar-refractivity contribution is -0.518. The Morgan fingerprint density at radius 3 is 1.48 bits per heavy atom. The molecule has 6 nitrogen and oxygen atoms in total. The molecule has 0 saturated carbocycles. The zero-order valence-corrected chi connectivity index (χ0v) is 19.9. The fourth-order valence-electron chi connectivity index (χ4n) is 4.77. The Morgan fingerprint density at radius 2 is 1.04 bits per heavy atom. The van der Waals surface area contributed by atoms with Crippen molar-refractivity contribution in [3.63, 3.8) is 0 Å². The molecule has 144 valence electrons. The molecule has 25 heavy (non-hydrogen) atoms. The van der Waals surface area contributed by atoms with Crippen LogP contribution in [0.15, 0.2) is 0 Å². The number of hydrogen-bond acceptors (Lipinski definition) is 4. The van der Waals surface area contributed by atoms with E-state index in [1.54, 1.807) is 0 Å². The number of halogens is 2. The predicted molar refractivity (Wildman–Crippen MR) is 92.0 cm³/mol. The molecule has 0 spiro atoms. The molecule has 4 aliphatic rings. The van der Waals surface area contributed by atoms with Crippen molar-refractivity contribution >= 4 is 11.9 Å². The molecule has 0 unspecified atom stereocenters. The van der Waals surface area contributed by atoms with Crippen LogP contribution in [-0.4, -0.2) is 114 Å². The van der Waals surface area contributed by atoms with Gasteiger partial charge in [0, 0.05) is 25.7 Å². The normalized spacial score (nSPS) is 23.8. The first kappa shape index (κ1) is 21.3. The molecule has 0 aromatic rings. The molecule has 4 aliphatic heterocycles. The number of fused-ring (bicyclic) bond motifs is 2. The SMILES string of the molecule is C[N+]1=C2N(CCCN2CN2CCCN3CCC[N+](C)=C32)CCC1.[I-].[I-]. The standard InChI is InChI=1S/C17H32N6.2HI/c1-18-7-3-9-20-11-5-13-22(16(18)20)15-23-14-6-12-21-10-4-8-19(2)17(21)23;;/h3-15H2,1-2H3;2*1H/q+2;;/p-2. The minimum atomic E-state index is 0. The van der Waals surface area contributed by atoms with Crippen LogP contribution in [0.5, 0.6) is 0 Å². The van der Waals surface area contributed by atoms with Crippen LogP contribution < -0.4 is 48.0 Å². The van der Waals surface area contributed by atoms with Crippen molar-refractivity contribution in [3.8, 4) is 0 Å². The summed E-state index contributed by atoms with van der Waals surface area (Å²) in [6.45, 7) is 10.8. The molecule has 0 aliphatic carbocycles. The number of rotatable bonds is 2. The van der Waals surface area contributed by atoms with Gasteiger partial charge in [0.2, 0.25) is 0 Å². The third-order valence-electron chi connectivity index (χ3n) is 5.71. The molecule has 0 bridgehead atoms. The van der Waals surface area contributed by atoms with E-state index in [4.69, 9.17) is 0 Å². The molecule has 0 radical (unpaired) electrons. The number of hydrogen-bond donors (Lipinski definition) is 0. The van der Waals surface area contributed by atoms with E-state index < -0.39 is 0 Å². The van der Waals surface area contributed by atoms with E-state index in [1.165, 1.54) is 90.0 Å². The fourth-order valence-corrected chi connectivity index (χ4v) is 4.77. The van der Waals surface area contributed by atoms with E-state index >= 15 is 0 Å². The van der Waals surface area contributed by atoms with Gasteiger partial charge in [0.25, 0.3) is 0 Å². The zero-order chi connectivity index (χ0) is 15.8. The lowest BCUT2D eigenvalue weighted by atomic mass is 10.2. The van der Waals surface area contributed by atoms with Crippen LogP contribution in [-0.2, 0) is 0 Å². The lowest BCUT2D eigenvalue weighted by Crippen LogP contribution is -3.00. The molecule has 0 amide bonds. The van der Waals surface area contributed by atoms with Crippen molar-refractivity contribution in [2.24, 2.45) is 0 Å². The summed E-state index contributed by atoms with van der Waals surface area (Å²) in [5.74, 6) is 2.94. The molecule has 0 atom stereocenters. The zero-order valence-electron chi connectivity index (χ0n) is 15.6. The van der Waals surface area contributed by atoms with Gasteiger partial charge in [-0.1, -0.05) is 0 Å². The number of guanidine groups is 2. The second-order valence-electron chi connectivity index (χ2n) is 7.50. The Hall–Kier alpha value is 0. The lowest BCUT2D eigenvalue weighted by Gasteiger charge is -2.40. The molecule has 4 heterocycles. The summed E-state index contributed by atoms with van der Waals surface area (Å²) in [6.07, 6.45) is 5.18. The van der Waals surface area contributed by atoms with Crippen LogP contribution >= 0.6 is 0 Å². The maximum Gasteiger partial charge on any atom is 0.352 e. The van der Waals surface area contributed by atoms with Gasteiger partial charge in [0.05, 0.1) is 66.5 Å². The Kier molecular flexibility index (Phi) is 7.90. The van der Waals surface area contributed by atoms with Gasteiger partial charge in [0.1, 0.15) is 0 Å². The molecule has 4 rings (SSSR count). The molecule has 0 aromatic heterocycles. The van der Waals surface area contributed by atoms with Crippen LogP contribution in [0.4, 0.5) is 0 Å². The molecule has 2 fully saturated rings. The van der Waals surface area contributed by atoms with Gasteiger partial charge >= 0.3 is 11.9 Å². The summed E-state index contributed by atoms with van der Waals surface area (Å²) >= 11 is 0. The highest BCUT2D eigenvalue weighted by Crippen LogP contribution is 2.18. The maximum absolute atomic E-state index is 2.63. The summed E-state index contributed by atoms with van der Waals surface area (Å²) in [6, 6.07) is 0. The van der Waals surface area contributed by atoms with Gasteiger partial charge in [-0.2, -0.15) is 0 Å². The second-order valence-corrected chi connectivity index (χ2v) is 7.50. The van der Waals surface area contributed by atoms with Gasteiger partial charge in [-0.25, -0.2) is 9.80 Å². The van der Waals surface area contributed by atoms with E-state index in [-0.39, 0.29) is 48.0 Å². The highest BCUT2D eigenvalue weighted by molar-refractivity contribution is 5.79. The van der Waals surface area contributed by atoms with Crippen molar-refractivity contribution in [3.05, 3.63) is 0 Å². The highest BCUT2D eigenvalue weighted by atomic mass is 127. The highest BCUT2D eigenvalue weighted by Gasteiger charge is 2.41. The first-order valence-electron chi connectivity index (χ1n) is 9.40.